The van der Waals surface area contributed by atoms with Crippen LogP contribution < -0.4 is 10.1 Å². The van der Waals surface area contributed by atoms with Gasteiger partial charge in [-0.05, 0) is 29.7 Å². The molecule has 132 valence electrons. The van der Waals surface area contributed by atoms with Crippen LogP contribution in [0.5, 0.6) is 5.75 Å². The number of para-hydroxylation sites is 1. The Morgan fingerprint density at radius 1 is 1.12 bits per heavy atom. The summed E-state index contributed by atoms with van der Waals surface area (Å²) in [4.78, 5) is 14.0. The zero-order valence-electron chi connectivity index (χ0n) is 14.2. The Hall–Kier alpha value is -2.37. The quantitative estimate of drug-likeness (QED) is 0.804. The fourth-order valence-electron chi connectivity index (χ4n) is 3.02. The number of carbonyl (C=O) groups excluding carboxylic acids is 1. The highest BCUT2D eigenvalue weighted by Gasteiger charge is 2.18. The van der Waals surface area contributed by atoms with Crippen molar-refractivity contribution in [3.8, 4) is 5.75 Å². The summed E-state index contributed by atoms with van der Waals surface area (Å²) >= 11 is 0. The van der Waals surface area contributed by atoms with Gasteiger partial charge in [-0.25, -0.2) is 0 Å². The lowest BCUT2D eigenvalue weighted by Gasteiger charge is -2.30. The van der Waals surface area contributed by atoms with Crippen molar-refractivity contribution in [2.75, 3.05) is 26.2 Å². The standard InChI is InChI=1S/C20H24N2O3/c23-18(12-21-20(24)15-25-19-8-2-1-3-9-19)14-22-11-10-16-6-4-5-7-17(16)13-22/h1-9,18,23H,10-15H2,(H,21,24)/t18-/m0/s1. The summed E-state index contributed by atoms with van der Waals surface area (Å²) in [5.41, 5.74) is 2.71. The number of hydrogen-bond donors (Lipinski definition) is 2. The Labute approximate surface area is 148 Å². The second kappa shape index (κ2) is 8.65. The van der Waals surface area contributed by atoms with Crippen molar-refractivity contribution in [1.29, 1.82) is 0 Å². The second-order valence-corrected chi connectivity index (χ2v) is 6.31. The number of aliphatic hydroxyl groups is 1. The highest BCUT2D eigenvalue weighted by molar-refractivity contribution is 5.77. The van der Waals surface area contributed by atoms with Crippen LogP contribution in [0, 0.1) is 0 Å². The minimum Gasteiger partial charge on any atom is -0.484 e. The van der Waals surface area contributed by atoms with Crippen molar-refractivity contribution in [3.05, 3.63) is 65.7 Å². The van der Waals surface area contributed by atoms with E-state index in [2.05, 4.69) is 28.4 Å². The lowest BCUT2D eigenvalue weighted by molar-refractivity contribution is -0.123. The first-order chi connectivity index (χ1) is 12.2. The molecule has 0 aliphatic carbocycles. The average Bonchev–Trinajstić information content (AvgIpc) is 2.65. The number of amides is 1. The van der Waals surface area contributed by atoms with E-state index in [-0.39, 0.29) is 19.1 Å². The molecule has 2 N–H and O–H groups in total. The van der Waals surface area contributed by atoms with Gasteiger partial charge in [0.05, 0.1) is 6.10 Å². The Kier molecular flexibility index (Phi) is 6.04. The Morgan fingerprint density at radius 2 is 1.84 bits per heavy atom. The molecule has 1 atom stereocenters. The molecule has 1 heterocycles. The first-order valence-corrected chi connectivity index (χ1v) is 8.62. The summed E-state index contributed by atoms with van der Waals surface area (Å²) < 4.78 is 5.39. The van der Waals surface area contributed by atoms with E-state index >= 15 is 0 Å². The summed E-state index contributed by atoms with van der Waals surface area (Å²) in [5, 5.41) is 12.9. The van der Waals surface area contributed by atoms with E-state index in [0.29, 0.717) is 12.3 Å². The van der Waals surface area contributed by atoms with Gasteiger partial charge >= 0.3 is 0 Å². The fraction of sp³-hybridized carbons (Fsp3) is 0.350. The SMILES string of the molecule is O=C(COc1ccccc1)NC[C@H](O)CN1CCc2ccccc2C1. The van der Waals surface area contributed by atoms with Crippen molar-refractivity contribution >= 4 is 5.91 Å². The maximum Gasteiger partial charge on any atom is 0.258 e. The van der Waals surface area contributed by atoms with E-state index in [1.807, 2.05) is 24.3 Å². The van der Waals surface area contributed by atoms with E-state index in [1.54, 1.807) is 12.1 Å². The van der Waals surface area contributed by atoms with Crippen LogP contribution in [0.4, 0.5) is 0 Å². The number of aliphatic hydroxyl groups excluding tert-OH is 1. The highest BCUT2D eigenvalue weighted by atomic mass is 16.5. The van der Waals surface area contributed by atoms with Crippen LogP contribution in [-0.2, 0) is 17.8 Å². The van der Waals surface area contributed by atoms with Crippen molar-refractivity contribution in [1.82, 2.24) is 10.2 Å². The third-order valence-corrected chi connectivity index (χ3v) is 4.33. The van der Waals surface area contributed by atoms with Gasteiger partial charge in [-0.3, -0.25) is 9.69 Å². The summed E-state index contributed by atoms with van der Waals surface area (Å²) in [5.74, 6) is 0.428. The van der Waals surface area contributed by atoms with Crippen molar-refractivity contribution in [3.63, 3.8) is 0 Å². The van der Waals surface area contributed by atoms with Crippen LogP contribution >= 0.6 is 0 Å². The highest BCUT2D eigenvalue weighted by Crippen LogP contribution is 2.18. The predicted octanol–water partition coefficient (Wildman–Crippen LogP) is 1.60. The molecule has 25 heavy (non-hydrogen) atoms. The number of rotatable bonds is 7. The van der Waals surface area contributed by atoms with Crippen LogP contribution in [0.1, 0.15) is 11.1 Å². The number of carbonyl (C=O) groups is 1. The van der Waals surface area contributed by atoms with Gasteiger partial charge in [0.1, 0.15) is 5.75 Å². The minimum atomic E-state index is -0.592. The number of benzene rings is 2. The maximum absolute atomic E-state index is 11.8. The fourth-order valence-corrected chi connectivity index (χ4v) is 3.02. The molecular formula is C20H24N2O3. The molecule has 0 bridgehead atoms. The van der Waals surface area contributed by atoms with Crippen LogP contribution in [0.15, 0.2) is 54.6 Å². The van der Waals surface area contributed by atoms with Gasteiger partial charge < -0.3 is 15.2 Å². The molecule has 2 aromatic rings. The van der Waals surface area contributed by atoms with Gasteiger partial charge in [0.2, 0.25) is 0 Å². The first-order valence-electron chi connectivity index (χ1n) is 8.62. The molecule has 0 saturated heterocycles. The molecule has 0 fully saturated rings. The van der Waals surface area contributed by atoms with E-state index in [9.17, 15) is 9.90 Å². The van der Waals surface area contributed by atoms with E-state index in [0.717, 1.165) is 19.5 Å². The minimum absolute atomic E-state index is 0.0478. The molecule has 5 nitrogen and oxygen atoms in total. The summed E-state index contributed by atoms with van der Waals surface area (Å²) in [6, 6.07) is 17.6. The van der Waals surface area contributed by atoms with Gasteiger partial charge in [0.15, 0.2) is 6.61 Å². The topological polar surface area (TPSA) is 61.8 Å². The third-order valence-electron chi connectivity index (χ3n) is 4.33. The zero-order valence-corrected chi connectivity index (χ0v) is 14.2. The number of nitrogens with zero attached hydrogens (tertiary/aromatic N) is 1. The monoisotopic (exact) mass is 340 g/mol. The molecule has 0 radical (unpaired) electrons. The molecule has 1 aliphatic rings. The second-order valence-electron chi connectivity index (χ2n) is 6.31. The molecule has 0 aromatic heterocycles. The van der Waals surface area contributed by atoms with E-state index < -0.39 is 6.10 Å². The molecule has 0 spiro atoms. The van der Waals surface area contributed by atoms with Crippen molar-refractivity contribution in [2.45, 2.75) is 19.1 Å². The van der Waals surface area contributed by atoms with Crippen LogP contribution in [0.2, 0.25) is 0 Å². The average molecular weight is 340 g/mol. The Morgan fingerprint density at radius 3 is 2.64 bits per heavy atom. The largest absolute Gasteiger partial charge is 0.484 e. The molecule has 1 amide bonds. The van der Waals surface area contributed by atoms with Gasteiger partial charge in [0.25, 0.3) is 5.91 Å². The smallest absolute Gasteiger partial charge is 0.258 e. The Balaban J connectivity index is 1.37. The molecule has 1 aliphatic heterocycles. The van der Waals surface area contributed by atoms with E-state index in [1.165, 1.54) is 11.1 Å². The number of ether oxygens (including phenoxy) is 1. The van der Waals surface area contributed by atoms with E-state index in [4.69, 9.17) is 4.74 Å². The number of nitrogens with one attached hydrogen (secondary N) is 1. The zero-order chi connectivity index (χ0) is 17.5. The summed E-state index contributed by atoms with van der Waals surface area (Å²) in [6.45, 7) is 2.51. The lowest BCUT2D eigenvalue weighted by atomic mass is 10.00. The summed E-state index contributed by atoms with van der Waals surface area (Å²) in [7, 11) is 0. The molecule has 0 saturated carbocycles. The van der Waals surface area contributed by atoms with Gasteiger partial charge in [-0.15, -0.1) is 0 Å². The molecular weight excluding hydrogens is 316 g/mol. The van der Waals surface area contributed by atoms with Gasteiger partial charge in [-0.2, -0.15) is 0 Å². The van der Waals surface area contributed by atoms with Gasteiger partial charge in [-0.1, -0.05) is 42.5 Å². The normalized spacial score (nSPS) is 15.2. The third kappa shape index (κ3) is 5.31. The number of β-amino-alcohol motifs (C(OH)–C–C–N with tert-alkyl or cyclic N) is 1. The molecule has 2 aromatic carbocycles. The van der Waals surface area contributed by atoms with Crippen LogP contribution in [0.25, 0.3) is 0 Å². The molecule has 0 unspecified atom stereocenters. The summed E-state index contributed by atoms with van der Waals surface area (Å²) in [6.07, 6.45) is 0.408. The predicted molar refractivity (Wildman–Crippen MR) is 96.4 cm³/mol. The van der Waals surface area contributed by atoms with Crippen LogP contribution in [0.3, 0.4) is 0 Å². The van der Waals surface area contributed by atoms with Gasteiger partial charge in [0, 0.05) is 26.2 Å². The first kappa shape index (κ1) is 17.5. The van der Waals surface area contributed by atoms with Crippen LogP contribution in [-0.4, -0.2) is 48.3 Å². The molecule has 5 heteroatoms. The molecule has 3 rings (SSSR count). The van der Waals surface area contributed by atoms with Crippen molar-refractivity contribution < 1.29 is 14.6 Å². The number of fused-ring (bicyclic) bond motifs is 1. The van der Waals surface area contributed by atoms with Crippen molar-refractivity contribution in [2.24, 2.45) is 0 Å². The Bertz CT molecular complexity index is 690. The lowest BCUT2D eigenvalue weighted by Crippen LogP contribution is -2.42. The number of hydrogen-bond acceptors (Lipinski definition) is 4. The maximum atomic E-state index is 11.8.